The molecule has 0 radical (unpaired) electrons. The molecule has 10 heteroatoms. The fourth-order valence-corrected chi connectivity index (χ4v) is 4.95. The molecule has 4 rings (SSSR count). The van der Waals surface area contributed by atoms with Gasteiger partial charge in [-0.15, -0.1) is 0 Å². The van der Waals surface area contributed by atoms with Gasteiger partial charge < -0.3 is 14.9 Å². The molecule has 0 heterocycles. The van der Waals surface area contributed by atoms with Crippen molar-refractivity contribution in [2.45, 2.75) is 63.6 Å². The van der Waals surface area contributed by atoms with Crippen LogP contribution in [0.4, 0.5) is 26.3 Å². The second kappa shape index (κ2) is 11.7. The Hall–Kier alpha value is -3.53. The molecular weight excluding hydrogens is 526 g/mol. The summed E-state index contributed by atoms with van der Waals surface area (Å²) in [6.07, 6.45) is -0.0323. The van der Waals surface area contributed by atoms with Crippen LogP contribution >= 0.6 is 0 Å². The molecule has 1 aliphatic rings. The molecule has 0 aromatic heterocycles. The second-order valence-electron chi connectivity index (χ2n) is 9.60. The Balaban J connectivity index is 1.43. The predicted octanol–water partition coefficient (Wildman–Crippen LogP) is 7.61. The van der Waals surface area contributed by atoms with Gasteiger partial charge in [0, 0.05) is 16.7 Å². The van der Waals surface area contributed by atoms with E-state index in [1.54, 1.807) is 6.92 Å². The Morgan fingerprint density at radius 2 is 1.44 bits per heavy atom. The summed E-state index contributed by atoms with van der Waals surface area (Å²) in [4.78, 5) is 12.5. The van der Waals surface area contributed by atoms with Crippen molar-refractivity contribution in [3.05, 3.63) is 88.0 Å². The number of phenolic OH excluding ortho intramolecular Hbond substituents is 1. The van der Waals surface area contributed by atoms with E-state index >= 15 is 0 Å². The maximum absolute atomic E-state index is 15.0. The van der Waals surface area contributed by atoms with Gasteiger partial charge in [-0.2, -0.15) is 4.39 Å². The average Bonchev–Trinajstić information content (AvgIpc) is 2.91. The summed E-state index contributed by atoms with van der Waals surface area (Å²) >= 11 is 0. The average molecular weight is 553 g/mol. The third-order valence-corrected chi connectivity index (χ3v) is 7.11. The standard InChI is InChI=1S/C29H26F6O4/c1-2-3-21(36)19-10-11-20(27(34)26(19)33)29(38)39-15-6-4-14(5-7-15)16-8-9-17(24(31)23(16)30)18-12-13-22(37)28(35)25(18)32/h8-15,21,36-37H,2-7H2,1H3. The van der Waals surface area contributed by atoms with Crippen LogP contribution in [0.5, 0.6) is 5.75 Å². The number of aliphatic hydroxyl groups is 1. The largest absolute Gasteiger partial charge is 0.505 e. The number of carbonyl (C=O) groups excluding carboxylic acids is 1. The first-order valence-electron chi connectivity index (χ1n) is 12.6. The smallest absolute Gasteiger partial charge is 0.341 e. The minimum absolute atomic E-state index is 0.0232. The van der Waals surface area contributed by atoms with Gasteiger partial charge in [-0.05, 0) is 61.8 Å². The van der Waals surface area contributed by atoms with Crippen LogP contribution in [0.15, 0.2) is 36.4 Å². The minimum atomic E-state index is -1.57. The number of aliphatic hydroxyl groups excluding tert-OH is 1. The van der Waals surface area contributed by atoms with Crippen molar-refractivity contribution in [1.82, 2.24) is 0 Å². The lowest BCUT2D eigenvalue weighted by Crippen LogP contribution is -2.25. The summed E-state index contributed by atoms with van der Waals surface area (Å²) in [5.41, 5.74) is -1.87. The van der Waals surface area contributed by atoms with Gasteiger partial charge in [0.25, 0.3) is 0 Å². The Morgan fingerprint density at radius 3 is 2.08 bits per heavy atom. The van der Waals surface area contributed by atoms with Crippen LogP contribution in [-0.4, -0.2) is 22.3 Å². The number of phenols is 1. The highest BCUT2D eigenvalue weighted by atomic mass is 19.2. The fourth-order valence-electron chi connectivity index (χ4n) is 4.95. The molecule has 3 aromatic rings. The van der Waals surface area contributed by atoms with Gasteiger partial charge >= 0.3 is 5.97 Å². The molecule has 2 N–H and O–H groups in total. The second-order valence-corrected chi connectivity index (χ2v) is 9.60. The highest BCUT2D eigenvalue weighted by molar-refractivity contribution is 5.90. The van der Waals surface area contributed by atoms with Crippen LogP contribution in [0.3, 0.4) is 0 Å². The highest BCUT2D eigenvalue weighted by Crippen LogP contribution is 2.39. The number of ether oxygens (including phenoxy) is 1. The zero-order valence-corrected chi connectivity index (χ0v) is 20.9. The number of esters is 1. The van der Waals surface area contributed by atoms with Crippen molar-refractivity contribution in [1.29, 1.82) is 0 Å². The first-order chi connectivity index (χ1) is 18.5. The Bertz CT molecular complexity index is 1380. The maximum Gasteiger partial charge on any atom is 0.341 e. The van der Waals surface area contributed by atoms with E-state index in [4.69, 9.17) is 4.74 Å². The molecule has 0 bridgehead atoms. The van der Waals surface area contributed by atoms with Crippen molar-refractivity contribution >= 4 is 5.97 Å². The number of carbonyl (C=O) groups is 1. The summed E-state index contributed by atoms with van der Waals surface area (Å²) < 4.78 is 92.0. The van der Waals surface area contributed by atoms with Crippen LogP contribution in [0.1, 0.15) is 79.0 Å². The normalized spacial score (nSPS) is 18.2. The molecule has 0 amide bonds. The van der Waals surface area contributed by atoms with Gasteiger partial charge in [0.2, 0.25) is 5.82 Å². The van der Waals surface area contributed by atoms with E-state index < -0.39 is 81.4 Å². The molecule has 39 heavy (non-hydrogen) atoms. The molecule has 1 unspecified atom stereocenters. The van der Waals surface area contributed by atoms with E-state index in [1.807, 2.05) is 0 Å². The molecule has 3 aromatic carbocycles. The van der Waals surface area contributed by atoms with Gasteiger partial charge in [0.15, 0.2) is 34.8 Å². The number of rotatable bonds is 7. The third kappa shape index (κ3) is 5.61. The van der Waals surface area contributed by atoms with Crippen LogP contribution < -0.4 is 0 Å². The SMILES string of the molecule is CCCC(O)c1ccc(C(=O)OC2CCC(c3ccc(-c4ccc(O)c(F)c4F)c(F)c3F)CC2)c(F)c1F. The van der Waals surface area contributed by atoms with Crippen molar-refractivity contribution < 1.29 is 46.1 Å². The number of aromatic hydroxyl groups is 1. The monoisotopic (exact) mass is 552 g/mol. The zero-order valence-electron chi connectivity index (χ0n) is 20.9. The van der Waals surface area contributed by atoms with E-state index in [9.17, 15) is 41.4 Å². The van der Waals surface area contributed by atoms with Gasteiger partial charge in [0.05, 0.1) is 11.7 Å². The Kier molecular flexibility index (Phi) is 8.54. The number of hydrogen-bond donors (Lipinski definition) is 2. The molecule has 4 nitrogen and oxygen atoms in total. The molecule has 208 valence electrons. The Labute approximate surface area is 220 Å². The maximum atomic E-state index is 15.0. The van der Waals surface area contributed by atoms with E-state index in [-0.39, 0.29) is 43.2 Å². The van der Waals surface area contributed by atoms with E-state index in [1.165, 1.54) is 6.07 Å². The summed E-state index contributed by atoms with van der Waals surface area (Å²) in [5, 5.41) is 19.2. The topological polar surface area (TPSA) is 66.8 Å². The predicted molar refractivity (Wildman–Crippen MR) is 130 cm³/mol. The van der Waals surface area contributed by atoms with Gasteiger partial charge in [0.1, 0.15) is 6.10 Å². The summed E-state index contributed by atoms with van der Waals surface area (Å²) in [6.45, 7) is 1.78. The first kappa shape index (κ1) is 28.5. The molecule has 1 saturated carbocycles. The molecular formula is C29H26F6O4. The first-order valence-corrected chi connectivity index (χ1v) is 12.6. The summed E-state index contributed by atoms with van der Waals surface area (Å²) in [5.74, 6) is -10.9. The molecule has 0 spiro atoms. The molecule has 1 aliphatic carbocycles. The minimum Gasteiger partial charge on any atom is -0.505 e. The van der Waals surface area contributed by atoms with E-state index in [2.05, 4.69) is 0 Å². The Morgan fingerprint density at radius 1 is 0.821 bits per heavy atom. The third-order valence-electron chi connectivity index (χ3n) is 7.11. The van der Waals surface area contributed by atoms with Crippen molar-refractivity contribution in [3.8, 4) is 16.9 Å². The summed E-state index contributed by atoms with van der Waals surface area (Å²) in [7, 11) is 0. The molecule has 1 fully saturated rings. The molecule has 0 aliphatic heterocycles. The quantitative estimate of drug-likeness (QED) is 0.234. The lowest BCUT2D eigenvalue weighted by molar-refractivity contribution is 0.0187. The number of halogens is 6. The number of hydrogen-bond acceptors (Lipinski definition) is 4. The van der Waals surface area contributed by atoms with Crippen LogP contribution in [-0.2, 0) is 4.74 Å². The molecule has 0 saturated heterocycles. The summed E-state index contributed by atoms with van der Waals surface area (Å²) in [6, 6.07) is 6.40. The van der Waals surface area contributed by atoms with Crippen molar-refractivity contribution in [3.63, 3.8) is 0 Å². The lowest BCUT2D eigenvalue weighted by Gasteiger charge is -2.29. The van der Waals surface area contributed by atoms with Crippen LogP contribution in [0.25, 0.3) is 11.1 Å². The fraction of sp³-hybridized carbons (Fsp3) is 0.345. The van der Waals surface area contributed by atoms with Gasteiger partial charge in [-0.1, -0.05) is 31.5 Å². The van der Waals surface area contributed by atoms with Crippen LogP contribution in [0.2, 0.25) is 0 Å². The highest BCUT2D eigenvalue weighted by Gasteiger charge is 2.30. The number of benzene rings is 3. The zero-order chi connectivity index (χ0) is 28.4. The van der Waals surface area contributed by atoms with E-state index in [0.717, 1.165) is 30.3 Å². The van der Waals surface area contributed by atoms with Crippen LogP contribution in [0, 0.1) is 34.9 Å². The lowest BCUT2D eigenvalue weighted by atomic mass is 9.82. The van der Waals surface area contributed by atoms with Crippen molar-refractivity contribution in [2.24, 2.45) is 0 Å². The molecule has 1 atom stereocenters. The van der Waals surface area contributed by atoms with E-state index in [0.29, 0.717) is 6.42 Å². The van der Waals surface area contributed by atoms with Gasteiger partial charge in [-0.3, -0.25) is 0 Å². The van der Waals surface area contributed by atoms with Crippen molar-refractivity contribution in [2.75, 3.05) is 0 Å². The van der Waals surface area contributed by atoms with Gasteiger partial charge in [-0.25, -0.2) is 26.7 Å².